The maximum absolute atomic E-state index is 13.3. The van der Waals surface area contributed by atoms with Gasteiger partial charge in [0, 0.05) is 11.3 Å². The fourth-order valence-electron chi connectivity index (χ4n) is 3.77. The number of ether oxygens (including phenoxy) is 1. The number of amides is 2. The molecule has 2 amide bonds. The standard InChI is InChI=1S/C22H29NO3S/c1-14(2)26-18-12-10-16(11-13-18)19-20(27-15(3)4)22(25)23(21(19)24)17-8-6-5-7-9-17/h10-15,17H,5-9H2,1-4H3. The molecule has 5 heteroatoms. The second-order valence-corrected chi connectivity index (χ2v) is 9.42. The Bertz CT molecular complexity index is 730. The molecular formula is C22H29NO3S. The number of carbonyl (C=O) groups is 2. The summed E-state index contributed by atoms with van der Waals surface area (Å²) in [5.41, 5.74) is 1.35. The molecule has 0 bridgehead atoms. The largest absolute Gasteiger partial charge is 0.491 e. The van der Waals surface area contributed by atoms with E-state index in [0.717, 1.165) is 37.0 Å². The average Bonchev–Trinajstić information content (AvgIpc) is 2.86. The summed E-state index contributed by atoms with van der Waals surface area (Å²) in [5, 5.41) is 0.238. The van der Waals surface area contributed by atoms with Crippen molar-refractivity contribution in [3.8, 4) is 5.75 Å². The first-order chi connectivity index (χ1) is 12.9. The Morgan fingerprint density at radius 3 is 2.15 bits per heavy atom. The van der Waals surface area contributed by atoms with Crippen LogP contribution in [0.25, 0.3) is 5.57 Å². The zero-order valence-electron chi connectivity index (χ0n) is 16.7. The molecule has 0 unspecified atom stereocenters. The first-order valence-corrected chi connectivity index (χ1v) is 10.8. The van der Waals surface area contributed by atoms with Crippen LogP contribution < -0.4 is 4.74 Å². The van der Waals surface area contributed by atoms with E-state index in [-0.39, 0.29) is 29.2 Å². The molecule has 0 aromatic heterocycles. The van der Waals surface area contributed by atoms with Gasteiger partial charge >= 0.3 is 0 Å². The Morgan fingerprint density at radius 2 is 1.59 bits per heavy atom. The minimum Gasteiger partial charge on any atom is -0.491 e. The fourth-order valence-corrected chi connectivity index (χ4v) is 4.76. The average molecular weight is 388 g/mol. The molecule has 1 aromatic rings. The van der Waals surface area contributed by atoms with E-state index in [4.69, 9.17) is 4.74 Å². The van der Waals surface area contributed by atoms with Crippen molar-refractivity contribution >= 4 is 29.1 Å². The zero-order valence-corrected chi connectivity index (χ0v) is 17.5. The predicted octanol–water partition coefficient (Wildman–Crippen LogP) is 5.03. The van der Waals surface area contributed by atoms with E-state index in [9.17, 15) is 9.59 Å². The van der Waals surface area contributed by atoms with Crippen molar-refractivity contribution < 1.29 is 14.3 Å². The van der Waals surface area contributed by atoms with Gasteiger partial charge in [0.05, 0.1) is 16.6 Å². The molecule has 3 rings (SSSR count). The molecule has 0 radical (unpaired) electrons. The SMILES string of the molecule is CC(C)Oc1ccc(C2=C(SC(C)C)C(=O)N(C3CCCCC3)C2=O)cc1. The first-order valence-electron chi connectivity index (χ1n) is 9.94. The number of imide groups is 1. The van der Waals surface area contributed by atoms with E-state index in [1.54, 1.807) is 0 Å². The van der Waals surface area contributed by atoms with E-state index >= 15 is 0 Å². The minimum absolute atomic E-state index is 0.0440. The smallest absolute Gasteiger partial charge is 0.268 e. The summed E-state index contributed by atoms with van der Waals surface area (Å²) in [6.45, 7) is 8.07. The quantitative estimate of drug-likeness (QED) is 0.643. The number of carbonyl (C=O) groups excluding carboxylic acids is 2. The zero-order chi connectivity index (χ0) is 19.6. The maximum atomic E-state index is 13.3. The lowest BCUT2D eigenvalue weighted by Gasteiger charge is -2.30. The Morgan fingerprint density at radius 1 is 0.963 bits per heavy atom. The van der Waals surface area contributed by atoms with Gasteiger partial charge in [-0.15, -0.1) is 11.8 Å². The van der Waals surface area contributed by atoms with Crippen molar-refractivity contribution in [2.75, 3.05) is 0 Å². The van der Waals surface area contributed by atoms with Crippen LogP contribution in [0, 0.1) is 0 Å². The lowest BCUT2D eigenvalue weighted by Crippen LogP contribution is -2.42. The lowest BCUT2D eigenvalue weighted by atomic mass is 9.94. The van der Waals surface area contributed by atoms with Crippen LogP contribution in [-0.4, -0.2) is 34.1 Å². The molecule has 4 nitrogen and oxygen atoms in total. The van der Waals surface area contributed by atoms with Gasteiger partial charge in [-0.25, -0.2) is 0 Å². The summed E-state index contributed by atoms with van der Waals surface area (Å²) in [6, 6.07) is 7.58. The van der Waals surface area contributed by atoms with Crippen LogP contribution in [0.2, 0.25) is 0 Å². The molecule has 1 aliphatic heterocycles. The van der Waals surface area contributed by atoms with Gasteiger partial charge in [-0.2, -0.15) is 0 Å². The van der Waals surface area contributed by atoms with Gasteiger partial charge in [-0.1, -0.05) is 45.2 Å². The number of hydrogen-bond donors (Lipinski definition) is 0. The number of hydrogen-bond acceptors (Lipinski definition) is 4. The predicted molar refractivity (Wildman–Crippen MR) is 111 cm³/mol. The second kappa shape index (κ2) is 8.51. The topological polar surface area (TPSA) is 46.6 Å². The van der Waals surface area contributed by atoms with Crippen LogP contribution in [0.1, 0.15) is 65.4 Å². The Hall–Kier alpha value is -1.75. The number of rotatable bonds is 6. The van der Waals surface area contributed by atoms with Crippen molar-refractivity contribution in [1.82, 2.24) is 4.90 Å². The molecule has 0 spiro atoms. The van der Waals surface area contributed by atoms with E-state index in [1.165, 1.54) is 23.1 Å². The summed E-state index contributed by atoms with van der Waals surface area (Å²) >= 11 is 1.50. The number of benzene rings is 1. The molecule has 27 heavy (non-hydrogen) atoms. The molecular weight excluding hydrogens is 358 g/mol. The van der Waals surface area contributed by atoms with Crippen molar-refractivity contribution in [2.24, 2.45) is 0 Å². The lowest BCUT2D eigenvalue weighted by molar-refractivity contribution is -0.139. The molecule has 1 aliphatic carbocycles. The second-order valence-electron chi connectivity index (χ2n) is 7.83. The molecule has 1 aromatic carbocycles. The summed E-state index contributed by atoms with van der Waals surface area (Å²) in [6.07, 6.45) is 5.31. The van der Waals surface area contributed by atoms with E-state index < -0.39 is 0 Å². The van der Waals surface area contributed by atoms with Crippen LogP contribution in [0.5, 0.6) is 5.75 Å². The van der Waals surface area contributed by atoms with Gasteiger partial charge < -0.3 is 4.74 Å². The fraction of sp³-hybridized carbons (Fsp3) is 0.545. The molecule has 146 valence electrons. The molecule has 2 aliphatic rings. The van der Waals surface area contributed by atoms with Crippen molar-refractivity contribution in [3.05, 3.63) is 34.7 Å². The minimum atomic E-state index is -0.132. The van der Waals surface area contributed by atoms with Gasteiger partial charge in [0.2, 0.25) is 0 Å². The summed E-state index contributed by atoms with van der Waals surface area (Å²) in [4.78, 5) is 28.6. The van der Waals surface area contributed by atoms with Crippen molar-refractivity contribution in [1.29, 1.82) is 0 Å². The Balaban J connectivity index is 1.94. The van der Waals surface area contributed by atoms with Gasteiger partial charge in [0.1, 0.15) is 5.75 Å². The Kier molecular flexibility index (Phi) is 6.30. The van der Waals surface area contributed by atoms with Gasteiger partial charge in [-0.05, 0) is 44.4 Å². The highest BCUT2D eigenvalue weighted by atomic mass is 32.2. The van der Waals surface area contributed by atoms with Gasteiger partial charge in [-0.3, -0.25) is 14.5 Å². The van der Waals surface area contributed by atoms with Crippen LogP contribution >= 0.6 is 11.8 Å². The molecule has 0 N–H and O–H groups in total. The van der Waals surface area contributed by atoms with Crippen molar-refractivity contribution in [3.63, 3.8) is 0 Å². The van der Waals surface area contributed by atoms with E-state index in [2.05, 4.69) is 13.8 Å². The molecule has 0 atom stereocenters. The highest BCUT2D eigenvalue weighted by Gasteiger charge is 2.43. The monoisotopic (exact) mass is 387 g/mol. The first kappa shape index (κ1) is 20.0. The Labute approximate surface area is 166 Å². The van der Waals surface area contributed by atoms with Crippen LogP contribution in [0.4, 0.5) is 0 Å². The number of nitrogens with zero attached hydrogens (tertiary/aromatic N) is 1. The third kappa shape index (κ3) is 4.40. The summed E-state index contributed by atoms with van der Waals surface area (Å²) < 4.78 is 5.70. The van der Waals surface area contributed by atoms with Gasteiger partial charge in [0.15, 0.2) is 0 Å². The molecule has 0 saturated heterocycles. The third-order valence-electron chi connectivity index (χ3n) is 4.88. The van der Waals surface area contributed by atoms with Gasteiger partial charge in [0.25, 0.3) is 11.8 Å². The van der Waals surface area contributed by atoms with E-state index in [1.807, 2.05) is 38.1 Å². The van der Waals surface area contributed by atoms with Crippen LogP contribution in [-0.2, 0) is 9.59 Å². The number of thioether (sulfide) groups is 1. The van der Waals surface area contributed by atoms with Crippen LogP contribution in [0.3, 0.4) is 0 Å². The normalized spacial score (nSPS) is 19.0. The summed E-state index contributed by atoms with van der Waals surface area (Å²) in [7, 11) is 0. The summed E-state index contributed by atoms with van der Waals surface area (Å²) in [5.74, 6) is 0.531. The third-order valence-corrected chi connectivity index (χ3v) is 5.97. The van der Waals surface area contributed by atoms with Crippen molar-refractivity contribution in [2.45, 2.75) is 77.2 Å². The highest BCUT2D eigenvalue weighted by Crippen LogP contribution is 2.40. The maximum Gasteiger partial charge on any atom is 0.268 e. The molecule has 1 saturated carbocycles. The highest BCUT2D eigenvalue weighted by molar-refractivity contribution is 8.04. The molecule has 1 fully saturated rings. The van der Waals surface area contributed by atoms with Crippen LogP contribution in [0.15, 0.2) is 29.2 Å². The van der Waals surface area contributed by atoms with E-state index in [0.29, 0.717) is 10.5 Å². The molecule has 1 heterocycles.